The van der Waals surface area contributed by atoms with Gasteiger partial charge in [-0.2, -0.15) is 0 Å². The predicted molar refractivity (Wildman–Crippen MR) is 92.9 cm³/mol. The second-order valence-corrected chi connectivity index (χ2v) is 6.50. The standard InChI is InChI=1S/C19H23N3O2/c23-17(24)19(10-4-9-16-7-2-1-3-8-16)11-5-14-22(15-19)18-20-12-6-13-21-18/h1-3,6-8,12-13H,4-5,9-11,14-15H2,(H,23,24)/t19-/m1/s1. The van der Waals surface area contributed by atoms with Gasteiger partial charge in [-0.25, -0.2) is 9.97 Å². The van der Waals surface area contributed by atoms with E-state index in [2.05, 4.69) is 22.1 Å². The third-order valence-electron chi connectivity index (χ3n) is 4.83. The van der Waals surface area contributed by atoms with Crippen LogP contribution in [0.25, 0.3) is 0 Å². The van der Waals surface area contributed by atoms with Crippen molar-refractivity contribution < 1.29 is 9.90 Å². The summed E-state index contributed by atoms with van der Waals surface area (Å²) in [5.74, 6) is -0.0675. The second kappa shape index (κ2) is 7.43. The molecule has 1 fully saturated rings. The fraction of sp³-hybridized carbons (Fsp3) is 0.421. The number of aromatic nitrogens is 2. The van der Waals surface area contributed by atoms with E-state index in [-0.39, 0.29) is 0 Å². The molecular formula is C19H23N3O2. The number of carbonyl (C=O) groups is 1. The Hall–Kier alpha value is -2.43. The maximum absolute atomic E-state index is 12.0. The van der Waals surface area contributed by atoms with Gasteiger partial charge < -0.3 is 10.0 Å². The Kier molecular flexibility index (Phi) is 5.08. The minimum Gasteiger partial charge on any atom is -0.481 e. The van der Waals surface area contributed by atoms with Gasteiger partial charge in [0, 0.05) is 25.5 Å². The van der Waals surface area contributed by atoms with E-state index >= 15 is 0 Å². The van der Waals surface area contributed by atoms with Crippen molar-refractivity contribution in [1.82, 2.24) is 9.97 Å². The van der Waals surface area contributed by atoms with Crippen molar-refractivity contribution in [2.75, 3.05) is 18.0 Å². The monoisotopic (exact) mass is 325 g/mol. The van der Waals surface area contributed by atoms with Crippen LogP contribution in [0.15, 0.2) is 48.8 Å². The maximum atomic E-state index is 12.0. The minimum absolute atomic E-state index is 0.487. The van der Waals surface area contributed by atoms with Gasteiger partial charge >= 0.3 is 5.97 Å². The Labute approximate surface area is 142 Å². The van der Waals surface area contributed by atoms with Crippen LogP contribution in [-0.4, -0.2) is 34.1 Å². The van der Waals surface area contributed by atoms with Gasteiger partial charge in [0.15, 0.2) is 0 Å². The third-order valence-corrected chi connectivity index (χ3v) is 4.83. The van der Waals surface area contributed by atoms with Crippen LogP contribution in [0, 0.1) is 5.41 Å². The molecule has 1 aliphatic heterocycles. The zero-order valence-electron chi connectivity index (χ0n) is 13.8. The Morgan fingerprint density at radius 1 is 1.17 bits per heavy atom. The van der Waals surface area contributed by atoms with Crippen molar-refractivity contribution in [3.8, 4) is 0 Å². The predicted octanol–water partition coefficient (Wildman–Crippen LogP) is 3.17. The van der Waals surface area contributed by atoms with E-state index in [0.29, 0.717) is 18.9 Å². The molecule has 1 aromatic carbocycles. The normalized spacial score (nSPS) is 20.8. The Bertz CT molecular complexity index is 663. The summed E-state index contributed by atoms with van der Waals surface area (Å²) in [5, 5.41) is 9.88. The zero-order chi connectivity index (χ0) is 16.8. The first-order valence-corrected chi connectivity index (χ1v) is 8.49. The van der Waals surface area contributed by atoms with Crippen LogP contribution in [-0.2, 0) is 11.2 Å². The number of carboxylic acid groups (broad SMARTS) is 1. The molecule has 24 heavy (non-hydrogen) atoms. The smallest absolute Gasteiger partial charge is 0.311 e. The molecule has 5 heteroatoms. The SMILES string of the molecule is O=C(O)[C@]1(CCCc2ccccc2)CCCN(c2ncccn2)C1. The molecule has 1 atom stereocenters. The molecule has 2 heterocycles. The topological polar surface area (TPSA) is 66.3 Å². The lowest BCUT2D eigenvalue weighted by atomic mass is 9.75. The largest absolute Gasteiger partial charge is 0.481 e. The summed E-state index contributed by atoms with van der Waals surface area (Å²) < 4.78 is 0. The zero-order valence-corrected chi connectivity index (χ0v) is 13.8. The maximum Gasteiger partial charge on any atom is 0.311 e. The van der Waals surface area contributed by atoms with Crippen molar-refractivity contribution in [2.24, 2.45) is 5.41 Å². The van der Waals surface area contributed by atoms with Crippen LogP contribution in [0.4, 0.5) is 5.95 Å². The van der Waals surface area contributed by atoms with Crippen LogP contribution in [0.5, 0.6) is 0 Å². The highest BCUT2D eigenvalue weighted by atomic mass is 16.4. The summed E-state index contributed by atoms with van der Waals surface area (Å²) in [6.45, 7) is 1.30. The van der Waals surface area contributed by atoms with Gasteiger partial charge in [0.25, 0.3) is 0 Å². The summed E-state index contributed by atoms with van der Waals surface area (Å²) in [6, 6.07) is 12.0. The van der Waals surface area contributed by atoms with E-state index in [0.717, 1.165) is 32.2 Å². The molecule has 1 saturated heterocycles. The molecular weight excluding hydrogens is 302 g/mol. The van der Waals surface area contributed by atoms with Crippen molar-refractivity contribution in [3.63, 3.8) is 0 Å². The molecule has 0 radical (unpaired) electrons. The molecule has 0 amide bonds. The minimum atomic E-state index is -0.702. The first kappa shape index (κ1) is 16.4. The number of nitrogens with zero attached hydrogens (tertiary/aromatic N) is 3. The van der Waals surface area contributed by atoms with Gasteiger partial charge in [-0.1, -0.05) is 30.3 Å². The summed E-state index contributed by atoms with van der Waals surface area (Å²) in [4.78, 5) is 22.6. The summed E-state index contributed by atoms with van der Waals surface area (Å²) in [6.07, 6.45) is 7.46. The summed E-state index contributed by atoms with van der Waals surface area (Å²) >= 11 is 0. The lowest BCUT2D eigenvalue weighted by molar-refractivity contribution is -0.150. The second-order valence-electron chi connectivity index (χ2n) is 6.50. The first-order valence-electron chi connectivity index (χ1n) is 8.49. The van der Waals surface area contributed by atoms with Crippen molar-refractivity contribution in [3.05, 3.63) is 54.4 Å². The number of benzene rings is 1. The highest BCUT2D eigenvalue weighted by molar-refractivity contribution is 5.75. The van der Waals surface area contributed by atoms with Crippen molar-refractivity contribution in [2.45, 2.75) is 32.1 Å². The Morgan fingerprint density at radius 2 is 1.92 bits per heavy atom. The average molecular weight is 325 g/mol. The van der Waals surface area contributed by atoms with Crippen LogP contribution in [0.1, 0.15) is 31.2 Å². The number of aliphatic carboxylic acids is 1. The third kappa shape index (κ3) is 3.72. The molecule has 0 spiro atoms. The van der Waals surface area contributed by atoms with E-state index in [1.54, 1.807) is 18.5 Å². The molecule has 3 rings (SSSR count). The Morgan fingerprint density at radius 3 is 2.62 bits per heavy atom. The number of carboxylic acids is 1. The van der Waals surface area contributed by atoms with Gasteiger partial charge in [0.2, 0.25) is 5.95 Å². The molecule has 0 aliphatic carbocycles. The van der Waals surface area contributed by atoms with Crippen LogP contribution >= 0.6 is 0 Å². The fourth-order valence-electron chi connectivity index (χ4n) is 3.52. The van der Waals surface area contributed by atoms with E-state index in [1.807, 2.05) is 23.1 Å². The molecule has 1 aromatic heterocycles. The number of rotatable bonds is 6. The molecule has 2 aromatic rings. The van der Waals surface area contributed by atoms with Gasteiger partial charge in [0.1, 0.15) is 0 Å². The van der Waals surface area contributed by atoms with E-state index < -0.39 is 11.4 Å². The number of hydrogen-bond donors (Lipinski definition) is 1. The molecule has 1 N–H and O–H groups in total. The lowest BCUT2D eigenvalue weighted by Gasteiger charge is -2.40. The van der Waals surface area contributed by atoms with Gasteiger partial charge in [-0.05, 0) is 43.7 Å². The van der Waals surface area contributed by atoms with Crippen molar-refractivity contribution in [1.29, 1.82) is 0 Å². The molecule has 0 bridgehead atoms. The molecule has 1 aliphatic rings. The van der Waals surface area contributed by atoms with E-state index in [1.165, 1.54) is 5.56 Å². The van der Waals surface area contributed by atoms with Gasteiger partial charge in [-0.15, -0.1) is 0 Å². The molecule has 126 valence electrons. The lowest BCUT2D eigenvalue weighted by Crippen LogP contribution is -2.48. The van der Waals surface area contributed by atoms with Gasteiger partial charge in [0.05, 0.1) is 5.41 Å². The van der Waals surface area contributed by atoms with E-state index in [9.17, 15) is 9.90 Å². The first-order chi connectivity index (χ1) is 11.7. The fourth-order valence-corrected chi connectivity index (χ4v) is 3.52. The van der Waals surface area contributed by atoms with Crippen molar-refractivity contribution >= 4 is 11.9 Å². The number of aryl methyl sites for hydroxylation is 1. The highest BCUT2D eigenvalue weighted by Gasteiger charge is 2.42. The summed E-state index contributed by atoms with van der Waals surface area (Å²) in [5.41, 5.74) is 0.559. The Balaban J connectivity index is 1.67. The average Bonchev–Trinajstić information content (AvgIpc) is 2.63. The number of hydrogen-bond acceptors (Lipinski definition) is 4. The van der Waals surface area contributed by atoms with E-state index in [4.69, 9.17) is 0 Å². The van der Waals surface area contributed by atoms with Gasteiger partial charge in [-0.3, -0.25) is 4.79 Å². The summed E-state index contributed by atoms with van der Waals surface area (Å²) in [7, 11) is 0. The van der Waals surface area contributed by atoms with Crippen LogP contribution < -0.4 is 4.90 Å². The number of piperidine rings is 1. The number of anilines is 1. The van der Waals surface area contributed by atoms with Crippen LogP contribution in [0.3, 0.4) is 0 Å². The highest BCUT2D eigenvalue weighted by Crippen LogP contribution is 2.36. The molecule has 0 saturated carbocycles. The molecule has 0 unspecified atom stereocenters. The quantitative estimate of drug-likeness (QED) is 0.883. The van der Waals surface area contributed by atoms with Crippen LogP contribution in [0.2, 0.25) is 0 Å². The molecule has 5 nitrogen and oxygen atoms in total.